The maximum absolute atomic E-state index is 13.4. The summed E-state index contributed by atoms with van der Waals surface area (Å²) in [6.45, 7) is 5.38. The van der Waals surface area contributed by atoms with Gasteiger partial charge in [0.05, 0.1) is 12.7 Å². The highest BCUT2D eigenvalue weighted by Gasteiger charge is 2.25. The summed E-state index contributed by atoms with van der Waals surface area (Å²) in [7, 11) is 1.55. The van der Waals surface area contributed by atoms with Crippen molar-refractivity contribution in [3.05, 3.63) is 70.7 Å². The third kappa shape index (κ3) is 4.22. The molecule has 0 atom stereocenters. The number of ether oxygens (including phenoxy) is 2. The predicted octanol–water partition coefficient (Wildman–Crippen LogP) is 5.79. The van der Waals surface area contributed by atoms with Gasteiger partial charge in [-0.2, -0.15) is 11.3 Å². The van der Waals surface area contributed by atoms with E-state index in [1.54, 1.807) is 69.7 Å². The first kappa shape index (κ1) is 20.8. The van der Waals surface area contributed by atoms with E-state index in [2.05, 4.69) is 4.98 Å². The average molecular weight is 435 g/mol. The molecular weight excluding hydrogens is 412 g/mol. The summed E-state index contributed by atoms with van der Waals surface area (Å²) in [6.07, 6.45) is 2.62. The number of nitrogens with zero attached hydrogens (tertiary/aromatic N) is 2. The predicted molar refractivity (Wildman–Crippen MR) is 121 cm³/mol. The SMILES string of the molecule is COc1cccc(C(=O)c2cn(C(=O)OC(C)(C)C)c3ncc(-c4ccsc4)cc23)c1. The Hall–Kier alpha value is -3.45. The minimum Gasteiger partial charge on any atom is -0.497 e. The largest absolute Gasteiger partial charge is 0.497 e. The minimum atomic E-state index is -0.679. The zero-order valence-corrected chi connectivity index (χ0v) is 18.5. The van der Waals surface area contributed by atoms with Crippen molar-refractivity contribution >= 4 is 34.2 Å². The van der Waals surface area contributed by atoms with E-state index in [4.69, 9.17) is 9.47 Å². The Bertz CT molecular complexity index is 1270. The molecule has 0 fully saturated rings. The van der Waals surface area contributed by atoms with E-state index in [1.807, 2.05) is 22.9 Å². The smallest absolute Gasteiger partial charge is 0.420 e. The van der Waals surface area contributed by atoms with Gasteiger partial charge in [-0.05, 0) is 61.4 Å². The monoisotopic (exact) mass is 434 g/mol. The molecule has 0 saturated heterocycles. The molecule has 6 nitrogen and oxygen atoms in total. The van der Waals surface area contributed by atoms with Gasteiger partial charge in [-0.1, -0.05) is 12.1 Å². The van der Waals surface area contributed by atoms with Gasteiger partial charge < -0.3 is 9.47 Å². The lowest BCUT2D eigenvalue weighted by molar-refractivity contribution is 0.0543. The van der Waals surface area contributed by atoms with Crippen LogP contribution in [-0.2, 0) is 4.74 Å². The van der Waals surface area contributed by atoms with Crippen molar-refractivity contribution in [1.82, 2.24) is 9.55 Å². The average Bonchev–Trinajstić information content (AvgIpc) is 3.40. The van der Waals surface area contributed by atoms with Crippen molar-refractivity contribution in [2.45, 2.75) is 26.4 Å². The number of pyridine rings is 1. The zero-order valence-electron chi connectivity index (χ0n) is 17.7. The Labute approximate surface area is 184 Å². The number of benzene rings is 1. The van der Waals surface area contributed by atoms with Crippen LogP contribution in [-0.4, -0.2) is 34.1 Å². The highest BCUT2D eigenvalue weighted by Crippen LogP contribution is 2.30. The molecule has 0 aliphatic rings. The van der Waals surface area contributed by atoms with Crippen molar-refractivity contribution in [2.75, 3.05) is 7.11 Å². The second-order valence-corrected chi connectivity index (χ2v) is 8.84. The van der Waals surface area contributed by atoms with Gasteiger partial charge in [-0.3, -0.25) is 4.79 Å². The van der Waals surface area contributed by atoms with Crippen molar-refractivity contribution in [3.63, 3.8) is 0 Å². The van der Waals surface area contributed by atoms with Gasteiger partial charge in [0.25, 0.3) is 0 Å². The number of aromatic nitrogens is 2. The lowest BCUT2D eigenvalue weighted by atomic mass is 10.0. The van der Waals surface area contributed by atoms with E-state index in [0.717, 1.165) is 11.1 Å². The lowest BCUT2D eigenvalue weighted by Gasteiger charge is -2.19. The molecule has 4 aromatic rings. The Balaban J connectivity index is 1.88. The quantitative estimate of drug-likeness (QED) is 0.380. The third-order valence-electron chi connectivity index (χ3n) is 4.66. The molecule has 0 N–H and O–H groups in total. The van der Waals surface area contributed by atoms with Crippen LogP contribution in [0.5, 0.6) is 5.75 Å². The van der Waals surface area contributed by atoms with Gasteiger partial charge in [0, 0.05) is 28.9 Å². The molecule has 7 heteroatoms. The van der Waals surface area contributed by atoms with Gasteiger partial charge in [0.2, 0.25) is 0 Å². The van der Waals surface area contributed by atoms with Crippen LogP contribution in [0.3, 0.4) is 0 Å². The summed E-state index contributed by atoms with van der Waals surface area (Å²) in [5.74, 6) is 0.356. The summed E-state index contributed by atoms with van der Waals surface area (Å²) in [4.78, 5) is 30.7. The number of hydrogen-bond donors (Lipinski definition) is 0. The number of hydrogen-bond acceptors (Lipinski definition) is 6. The van der Waals surface area contributed by atoms with E-state index in [-0.39, 0.29) is 5.78 Å². The van der Waals surface area contributed by atoms with Crippen LogP contribution < -0.4 is 4.74 Å². The maximum Gasteiger partial charge on any atom is 0.420 e. The number of carbonyl (C=O) groups excluding carboxylic acids is 2. The first-order valence-corrected chi connectivity index (χ1v) is 10.7. The van der Waals surface area contributed by atoms with Crippen molar-refractivity contribution in [1.29, 1.82) is 0 Å². The summed E-state index contributed by atoms with van der Waals surface area (Å²) in [5, 5.41) is 4.58. The molecule has 4 rings (SSSR count). The van der Waals surface area contributed by atoms with Crippen LogP contribution in [0.4, 0.5) is 4.79 Å². The van der Waals surface area contributed by atoms with Gasteiger partial charge in [0.15, 0.2) is 5.78 Å². The second-order valence-electron chi connectivity index (χ2n) is 8.06. The first-order chi connectivity index (χ1) is 14.8. The Morgan fingerprint density at radius 2 is 1.90 bits per heavy atom. The summed E-state index contributed by atoms with van der Waals surface area (Å²) >= 11 is 1.58. The van der Waals surface area contributed by atoms with E-state index in [9.17, 15) is 9.59 Å². The molecular formula is C24H22N2O4S. The number of ketones is 1. The molecule has 31 heavy (non-hydrogen) atoms. The molecule has 0 amide bonds. The second kappa shape index (κ2) is 8.00. The highest BCUT2D eigenvalue weighted by atomic mass is 32.1. The molecule has 0 radical (unpaired) electrons. The maximum atomic E-state index is 13.4. The van der Waals surface area contributed by atoms with Gasteiger partial charge in [-0.25, -0.2) is 14.3 Å². The Morgan fingerprint density at radius 3 is 2.58 bits per heavy atom. The van der Waals surface area contributed by atoms with Gasteiger partial charge >= 0.3 is 6.09 Å². The summed E-state index contributed by atoms with van der Waals surface area (Å²) in [6, 6.07) is 10.8. The van der Waals surface area contributed by atoms with E-state index in [1.165, 1.54) is 10.8 Å². The zero-order chi connectivity index (χ0) is 22.2. The molecule has 1 aromatic carbocycles. The molecule has 3 heterocycles. The number of thiophene rings is 1. The van der Waals surface area contributed by atoms with Crippen molar-refractivity contribution < 1.29 is 19.1 Å². The number of methoxy groups -OCH3 is 1. The fraction of sp³-hybridized carbons (Fsp3) is 0.208. The van der Waals surface area contributed by atoms with E-state index in [0.29, 0.717) is 27.9 Å². The molecule has 0 spiro atoms. The molecule has 158 valence electrons. The molecule has 0 bridgehead atoms. The van der Waals surface area contributed by atoms with E-state index >= 15 is 0 Å². The number of fused-ring (bicyclic) bond motifs is 1. The van der Waals surface area contributed by atoms with Gasteiger partial charge in [0.1, 0.15) is 17.0 Å². The first-order valence-electron chi connectivity index (χ1n) is 9.72. The van der Waals surface area contributed by atoms with Crippen LogP contribution in [0.2, 0.25) is 0 Å². The van der Waals surface area contributed by atoms with Crippen LogP contribution in [0, 0.1) is 0 Å². The van der Waals surface area contributed by atoms with Crippen LogP contribution >= 0.6 is 11.3 Å². The third-order valence-corrected chi connectivity index (χ3v) is 5.35. The van der Waals surface area contributed by atoms with Gasteiger partial charge in [-0.15, -0.1) is 0 Å². The minimum absolute atomic E-state index is 0.226. The number of carbonyl (C=O) groups is 2. The molecule has 3 aromatic heterocycles. The fourth-order valence-electron chi connectivity index (χ4n) is 3.25. The van der Waals surface area contributed by atoms with Crippen LogP contribution in [0.25, 0.3) is 22.2 Å². The van der Waals surface area contributed by atoms with E-state index < -0.39 is 11.7 Å². The Morgan fingerprint density at radius 1 is 1.10 bits per heavy atom. The summed E-state index contributed by atoms with van der Waals surface area (Å²) < 4.78 is 12.1. The molecule has 0 aliphatic carbocycles. The Kier molecular flexibility index (Phi) is 5.37. The fourth-order valence-corrected chi connectivity index (χ4v) is 3.91. The van der Waals surface area contributed by atoms with Crippen molar-refractivity contribution in [2.24, 2.45) is 0 Å². The molecule has 0 unspecified atom stereocenters. The normalized spacial score (nSPS) is 11.5. The van der Waals surface area contributed by atoms with Crippen LogP contribution in [0.1, 0.15) is 36.7 Å². The highest BCUT2D eigenvalue weighted by molar-refractivity contribution is 7.08. The topological polar surface area (TPSA) is 70.4 Å². The van der Waals surface area contributed by atoms with Crippen molar-refractivity contribution in [3.8, 4) is 16.9 Å². The summed E-state index contributed by atoms with van der Waals surface area (Å²) in [5.41, 5.74) is 2.41. The molecule has 0 aliphatic heterocycles. The standard InChI is InChI=1S/C24H22N2O4S/c1-24(2,3)30-23(28)26-13-20(21(27)15-6-5-7-18(10-15)29-4)19-11-17(12-25-22(19)26)16-8-9-31-14-16/h5-14H,1-4H3. The molecule has 0 saturated carbocycles. The lowest BCUT2D eigenvalue weighted by Crippen LogP contribution is -2.26. The van der Waals surface area contributed by atoms with Crippen LogP contribution in [0.15, 0.2) is 59.6 Å². The number of rotatable bonds is 4.